The quantitative estimate of drug-likeness (QED) is 0.508. The van der Waals surface area contributed by atoms with E-state index in [0.717, 1.165) is 11.3 Å². The van der Waals surface area contributed by atoms with Crippen LogP contribution >= 0.6 is 11.8 Å². The molecule has 4 rings (SSSR count). The molecule has 1 aliphatic rings. The van der Waals surface area contributed by atoms with E-state index in [-0.39, 0.29) is 29.2 Å². The van der Waals surface area contributed by atoms with Crippen LogP contribution in [0.3, 0.4) is 0 Å². The molecule has 31 heavy (non-hydrogen) atoms. The van der Waals surface area contributed by atoms with E-state index in [1.807, 2.05) is 72.2 Å². The second-order valence-corrected chi connectivity index (χ2v) is 10.5. The van der Waals surface area contributed by atoms with Gasteiger partial charge in [-0.1, -0.05) is 60.3 Å². The molecule has 1 aromatic heterocycles. The molecule has 0 saturated carbocycles. The maximum absolute atomic E-state index is 12.9. The Labute approximate surface area is 186 Å². The number of hydrogen-bond donors (Lipinski definition) is 0. The molecule has 1 fully saturated rings. The van der Waals surface area contributed by atoms with Crippen LogP contribution in [0.1, 0.15) is 13.3 Å². The number of amides is 1. The summed E-state index contributed by atoms with van der Waals surface area (Å²) < 4.78 is 25.6. The second kappa shape index (κ2) is 9.23. The number of hydrogen-bond acceptors (Lipinski definition) is 6. The second-order valence-electron chi connectivity index (χ2n) is 7.37. The first-order valence-electron chi connectivity index (χ1n) is 10.2. The van der Waals surface area contributed by atoms with Gasteiger partial charge in [0.15, 0.2) is 20.8 Å². The van der Waals surface area contributed by atoms with Crippen molar-refractivity contribution in [1.29, 1.82) is 0 Å². The molecule has 7 nitrogen and oxygen atoms in total. The van der Waals surface area contributed by atoms with Gasteiger partial charge in [0.1, 0.15) is 0 Å². The van der Waals surface area contributed by atoms with Gasteiger partial charge < -0.3 is 4.90 Å². The van der Waals surface area contributed by atoms with Crippen LogP contribution in [-0.4, -0.2) is 63.8 Å². The summed E-state index contributed by atoms with van der Waals surface area (Å²) >= 11 is 1.32. The first-order valence-corrected chi connectivity index (χ1v) is 13.0. The number of carbonyl (C=O) groups is 1. The molecule has 0 bridgehead atoms. The monoisotopic (exact) mass is 456 g/mol. The third-order valence-corrected chi connectivity index (χ3v) is 7.98. The highest BCUT2D eigenvalue weighted by Gasteiger charge is 2.34. The van der Waals surface area contributed by atoms with Gasteiger partial charge >= 0.3 is 0 Å². The van der Waals surface area contributed by atoms with Gasteiger partial charge in [0.25, 0.3) is 0 Å². The van der Waals surface area contributed by atoms with Crippen molar-refractivity contribution in [1.82, 2.24) is 19.7 Å². The molecule has 1 saturated heterocycles. The predicted molar refractivity (Wildman–Crippen MR) is 122 cm³/mol. The van der Waals surface area contributed by atoms with E-state index in [0.29, 0.717) is 23.9 Å². The van der Waals surface area contributed by atoms with Crippen molar-refractivity contribution >= 4 is 27.5 Å². The van der Waals surface area contributed by atoms with Crippen molar-refractivity contribution in [3.63, 3.8) is 0 Å². The molecule has 0 N–H and O–H groups in total. The van der Waals surface area contributed by atoms with Crippen molar-refractivity contribution in [2.45, 2.75) is 24.5 Å². The Bertz CT molecular complexity index is 1150. The van der Waals surface area contributed by atoms with E-state index in [2.05, 4.69) is 10.2 Å². The molecule has 1 amide bonds. The maximum atomic E-state index is 12.9. The standard InChI is InChI=1S/C22H24N4O3S2/c1-2-25(19-13-14-31(28,29)16-19)20(27)15-30-22-24-23-21(17-9-5-3-6-10-17)26(22)18-11-7-4-8-12-18/h3-12,19H,2,13-16H2,1H3/t19-/m1/s1. The number of aromatic nitrogens is 3. The molecule has 0 spiro atoms. The molecule has 1 aliphatic heterocycles. The Morgan fingerprint density at radius 2 is 1.77 bits per heavy atom. The molecule has 9 heteroatoms. The van der Waals surface area contributed by atoms with Gasteiger partial charge in [-0.15, -0.1) is 10.2 Å². The van der Waals surface area contributed by atoms with Gasteiger partial charge in [-0.3, -0.25) is 9.36 Å². The highest BCUT2D eigenvalue weighted by Crippen LogP contribution is 2.28. The topological polar surface area (TPSA) is 85.2 Å². The molecular weight excluding hydrogens is 432 g/mol. The minimum Gasteiger partial charge on any atom is -0.338 e. The van der Waals surface area contributed by atoms with E-state index in [9.17, 15) is 13.2 Å². The van der Waals surface area contributed by atoms with Crippen molar-refractivity contribution in [2.24, 2.45) is 0 Å². The van der Waals surface area contributed by atoms with Gasteiger partial charge in [-0.2, -0.15) is 0 Å². The number of nitrogens with zero attached hydrogens (tertiary/aromatic N) is 4. The summed E-state index contributed by atoms with van der Waals surface area (Å²) in [4.78, 5) is 14.6. The summed E-state index contributed by atoms with van der Waals surface area (Å²) in [6.07, 6.45) is 0.505. The molecule has 1 atom stereocenters. The third kappa shape index (κ3) is 4.83. The summed E-state index contributed by atoms with van der Waals surface area (Å²) in [7, 11) is -3.05. The molecule has 162 valence electrons. The first-order chi connectivity index (χ1) is 15.0. The minimum absolute atomic E-state index is 0.0512. The number of para-hydroxylation sites is 1. The summed E-state index contributed by atoms with van der Waals surface area (Å²) in [6, 6.07) is 19.3. The highest BCUT2D eigenvalue weighted by molar-refractivity contribution is 7.99. The average molecular weight is 457 g/mol. The summed E-state index contributed by atoms with van der Waals surface area (Å²) in [6.45, 7) is 2.37. The fourth-order valence-corrected chi connectivity index (χ4v) is 6.38. The lowest BCUT2D eigenvalue weighted by molar-refractivity contribution is -0.129. The fraction of sp³-hybridized carbons (Fsp3) is 0.318. The zero-order valence-electron chi connectivity index (χ0n) is 17.2. The zero-order chi connectivity index (χ0) is 21.8. The third-order valence-electron chi connectivity index (χ3n) is 5.31. The zero-order valence-corrected chi connectivity index (χ0v) is 18.8. The van der Waals surface area contributed by atoms with Crippen LogP contribution in [0.25, 0.3) is 17.1 Å². The van der Waals surface area contributed by atoms with Gasteiger partial charge in [0.05, 0.1) is 17.3 Å². The van der Waals surface area contributed by atoms with Crippen LogP contribution in [0, 0.1) is 0 Å². The van der Waals surface area contributed by atoms with E-state index < -0.39 is 9.84 Å². The Morgan fingerprint density at radius 3 is 2.39 bits per heavy atom. The normalized spacial score (nSPS) is 17.5. The lowest BCUT2D eigenvalue weighted by Gasteiger charge is -2.26. The van der Waals surface area contributed by atoms with Crippen molar-refractivity contribution < 1.29 is 13.2 Å². The number of carbonyl (C=O) groups excluding carboxylic acids is 1. The summed E-state index contributed by atoms with van der Waals surface area (Å²) in [5.41, 5.74) is 1.85. The van der Waals surface area contributed by atoms with Crippen molar-refractivity contribution in [3.8, 4) is 17.1 Å². The van der Waals surface area contributed by atoms with Crippen LogP contribution in [0.4, 0.5) is 0 Å². The molecule has 0 aliphatic carbocycles. The largest absolute Gasteiger partial charge is 0.338 e. The van der Waals surface area contributed by atoms with Gasteiger partial charge in [-0.05, 0) is 25.5 Å². The molecule has 2 aromatic carbocycles. The Hall–Kier alpha value is -2.65. The van der Waals surface area contributed by atoms with E-state index >= 15 is 0 Å². The predicted octanol–water partition coefficient (Wildman–Crippen LogP) is 3.06. The Balaban J connectivity index is 1.57. The smallest absolute Gasteiger partial charge is 0.233 e. The van der Waals surface area contributed by atoms with E-state index in [1.54, 1.807) is 4.90 Å². The van der Waals surface area contributed by atoms with Gasteiger partial charge in [0, 0.05) is 23.8 Å². The Kier molecular flexibility index (Phi) is 6.43. The fourth-order valence-electron chi connectivity index (χ4n) is 3.82. The lowest BCUT2D eigenvalue weighted by Crippen LogP contribution is -2.42. The van der Waals surface area contributed by atoms with Crippen molar-refractivity contribution in [2.75, 3.05) is 23.8 Å². The van der Waals surface area contributed by atoms with Gasteiger partial charge in [-0.25, -0.2) is 8.42 Å². The van der Waals surface area contributed by atoms with E-state index in [4.69, 9.17) is 0 Å². The maximum Gasteiger partial charge on any atom is 0.233 e. The summed E-state index contributed by atoms with van der Waals surface area (Å²) in [5.74, 6) is 0.992. The lowest BCUT2D eigenvalue weighted by atomic mass is 10.2. The first kappa shape index (κ1) is 21.6. The van der Waals surface area contributed by atoms with Crippen LogP contribution in [-0.2, 0) is 14.6 Å². The number of thioether (sulfide) groups is 1. The van der Waals surface area contributed by atoms with Crippen LogP contribution in [0.15, 0.2) is 65.8 Å². The van der Waals surface area contributed by atoms with Crippen LogP contribution < -0.4 is 0 Å². The molecule has 0 radical (unpaired) electrons. The highest BCUT2D eigenvalue weighted by atomic mass is 32.2. The molecule has 2 heterocycles. The summed E-state index contributed by atoms with van der Waals surface area (Å²) in [5, 5.41) is 9.37. The number of sulfone groups is 1. The van der Waals surface area contributed by atoms with E-state index in [1.165, 1.54) is 11.8 Å². The minimum atomic E-state index is -3.05. The Morgan fingerprint density at radius 1 is 1.10 bits per heavy atom. The average Bonchev–Trinajstić information content (AvgIpc) is 3.37. The van der Waals surface area contributed by atoms with Gasteiger partial charge in [0.2, 0.25) is 5.91 Å². The molecule has 0 unspecified atom stereocenters. The van der Waals surface area contributed by atoms with Crippen molar-refractivity contribution in [3.05, 3.63) is 60.7 Å². The molecule has 3 aromatic rings. The van der Waals surface area contributed by atoms with Crippen LogP contribution in [0.5, 0.6) is 0 Å². The number of rotatable bonds is 7. The number of benzene rings is 2. The van der Waals surface area contributed by atoms with Crippen LogP contribution in [0.2, 0.25) is 0 Å². The SMILES string of the molecule is CCN(C(=O)CSc1nnc(-c2ccccc2)n1-c1ccccc1)[C@@H]1CCS(=O)(=O)C1. The molecular formula is C22H24N4O3S2.